The molecule has 0 spiro atoms. The zero-order chi connectivity index (χ0) is 11.2. The molecule has 4 nitrogen and oxygen atoms in total. The van der Waals surface area contributed by atoms with Gasteiger partial charge in [0.05, 0.1) is 5.75 Å². The second-order valence-electron chi connectivity index (χ2n) is 3.96. The van der Waals surface area contributed by atoms with Crippen molar-refractivity contribution in [3.05, 3.63) is 0 Å². The Morgan fingerprint density at radius 3 is 2.36 bits per heavy atom. The SMILES string of the molecule is CC(C)CCS(=O)(=O)N(C)CCCN. The average Bonchev–Trinajstić information content (AvgIpc) is 2.11. The fraction of sp³-hybridized carbons (Fsp3) is 1.00. The first-order valence-corrected chi connectivity index (χ1v) is 6.65. The number of hydrogen-bond acceptors (Lipinski definition) is 3. The van der Waals surface area contributed by atoms with Crippen LogP contribution in [-0.4, -0.2) is 38.6 Å². The number of hydrogen-bond donors (Lipinski definition) is 1. The van der Waals surface area contributed by atoms with Crippen LogP contribution in [0.3, 0.4) is 0 Å². The van der Waals surface area contributed by atoms with Gasteiger partial charge in [-0.1, -0.05) is 13.8 Å². The molecule has 0 aliphatic carbocycles. The van der Waals surface area contributed by atoms with E-state index in [9.17, 15) is 8.42 Å². The molecule has 0 unspecified atom stereocenters. The van der Waals surface area contributed by atoms with E-state index in [-0.39, 0.29) is 5.75 Å². The van der Waals surface area contributed by atoms with Crippen molar-refractivity contribution in [2.75, 3.05) is 25.9 Å². The molecule has 14 heavy (non-hydrogen) atoms. The summed E-state index contributed by atoms with van der Waals surface area (Å²) in [5, 5.41) is 0. The summed E-state index contributed by atoms with van der Waals surface area (Å²) in [5.41, 5.74) is 5.32. The third kappa shape index (κ3) is 5.57. The first-order valence-electron chi connectivity index (χ1n) is 5.04. The van der Waals surface area contributed by atoms with Crippen LogP contribution in [0, 0.1) is 5.92 Å². The van der Waals surface area contributed by atoms with E-state index in [0.29, 0.717) is 19.0 Å². The van der Waals surface area contributed by atoms with Gasteiger partial charge in [0.1, 0.15) is 0 Å². The van der Waals surface area contributed by atoms with E-state index in [0.717, 1.165) is 12.8 Å². The Balaban J connectivity index is 4.04. The highest BCUT2D eigenvalue weighted by atomic mass is 32.2. The topological polar surface area (TPSA) is 63.4 Å². The Morgan fingerprint density at radius 1 is 1.36 bits per heavy atom. The standard InChI is InChI=1S/C9H22N2O2S/c1-9(2)5-8-14(12,13)11(3)7-4-6-10/h9H,4-8,10H2,1-3H3. The normalized spacial score (nSPS) is 12.7. The van der Waals surface area contributed by atoms with Gasteiger partial charge in [-0.05, 0) is 25.3 Å². The summed E-state index contributed by atoms with van der Waals surface area (Å²) in [7, 11) is -1.43. The van der Waals surface area contributed by atoms with Crippen LogP contribution in [0.5, 0.6) is 0 Å². The first-order chi connectivity index (χ1) is 6.40. The fourth-order valence-corrected chi connectivity index (χ4v) is 2.48. The van der Waals surface area contributed by atoms with Crippen molar-refractivity contribution in [1.29, 1.82) is 0 Å². The van der Waals surface area contributed by atoms with Crippen molar-refractivity contribution in [3.8, 4) is 0 Å². The Bertz CT molecular complexity index is 237. The molecule has 2 N–H and O–H groups in total. The summed E-state index contributed by atoms with van der Waals surface area (Å²) in [6, 6.07) is 0. The van der Waals surface area contributed by atoms with Gasteiger partial charge in [0, 0.05) is 13.6 Å². The van der Waals surface area contributed by atoms with Crippen LogP contribution < -0.4 is 5.73 Å². The molecule has 0 aromatic carbocycles. The van der Waals surface area contributed by atoms with Gasteiger partial charge in [-0.2, -0.15) is 0 Å². The predicted octanol–water partition coefficient (Wildman–Crippen LogP) is 0.643. The molecule has 0 aromatic heterocycles. The molecule has 0 amide bonds. The second kappa shape index (κ2) is 6.37. The summed E-state index contributed by atoms with van der Waals surface area (Å²) >= 11 is 0. The van der Waals surface area contributed by atoms with Crippen LogP contribution >= 0.6 is 0 Å². The van der Waals surface area contributed by atoms with E-state index in [1.54, 1.807) is 7.05 Å². The molecule has 0 aliphatic heterocycles. The number of rotatable bonds is 7. The molecule has 0 aliphatic rings. The lowest BCUT2D eigenvalue weighted by Crippen LogP contribution is -2.31. The Labute approximate surface area is 87.5 Å². The average molecular weight is 222 g/mol. The lowest BCUT2D eigenvalue weighted by Gasteiger charge is -2.17. The minimum atomic E-state index is -3.05. The zero-order valence-corrected chi connectivity index (χ0v) is 10.2. The van der Waals surface area contributed by atoms with Gasteiger partial charge in [0.25, 0.3) is 0 Å². The summed E-state index contributed by atoms with van der Waals surface area (Å²) in [6.45, 7) is 5.10. The van der Waals surface area contributed by atoms with Crippen molar-refractivity contribution in [1.82, 2.24) is 4.31 Å². The fourth-order valence-electron chi connectivity index (χ4n) is 0.994. The lowest BCUT2D eigenvalue weighted by molar-refractivity contribution is 0.458. The monoisotopic (exact) mass is 222 g/mol. The maximum absolute atomic E-state index is 11.6. The van der Waals surface area contributed by atoms with Crippen LogP contribution in [-0.2, 0) is 10.0 Å². The highest BCUT2D eigenvalue weighted by Gasteiger charge is 2.16. The van der Waals surface area contributed by atoms with Gasteiger partial charge in [-0.3, -0.25) is 0 Å². The maximum Gasteiger partial charge on any atom is 0.213 e. The van der Waals surface area contributed by atoms with Crippen molar-refractivity contribution in [3.63, 3.8) is 0 Å². The summed E-state index contributed by atoms with van der Waals surface area (Å²) in [4.78, 5) is 0. The summed E-state index contributed by atoms with van der Waals surface area (Å²) < 4.78 is 24.7. The molecule has 86 valence electrons. The quantitative estimate of drug-likeness (QED) is 0.687. The minimum Gasteiger partial charge on any atom is -0.330 e. The molecular weight excluding hydrogens is 200 g/mol. The van der Waals surface area contributed by atoms with E-state index < -0.39 is 10.0 Å². The highest BCUT2D eigenvalue weighted by molar-refractivity contribution is 7.89. The van der Waals surface area contributed by atoms with Crippen LogP contribution in [0.25, 0.3) is 0 Å². The van der Waals surface area contributed by atoms with Gasteiger partial charge in [0.2, 0.25) is 10.0 Å². The van der Waals surface area contributed by atoms with Crippen LogP contribution in [0.1, 0.15) is 26.7 Å². The Hall–Kier alpha value is -0.130. The number of sulfonamides is 1. The number of nitrogens with zero attached hydrogens (tertiary/aromatic N) is 1. The molecule has 0 saturated heterocycles. The highest BCUT2D eigenvalue weighted by Crippen LogP contribution is 2.06. The van der Waals surface area contributed by atoms with Gasteiger partial charge >= 0.3 is 0 Å². The smallest absolute Gasteiger partial charge is 0.213 e. The molecule has 0 rings (SSSR count). The molecule has 0 radical (unpaired) electrons. The van der Waals surface area contributed by atoms with E-state index in [1.807, 2.05) is 13.8 Å². The van der Waals surface area contributed by atoms with Crippen LogP contribution in [0.2, 0.25) is 0 Å². The van der Waals surface area contributed by atoms with E-state index in [2.05, 4.69) is 0 Å². The van der Waals surface area contributed by atoms with Gasteiger partial charge in [-0.25, -0.2) is 12.7 Å². The molecule has 0 fully saturated rings. The van der Waals surface area contributed by atoms with Crippen molar-refractivity contribution in [2.45, 2.75) is 26.7 Å². The second-order valence-corrected chi connectivity index (χ2v) is 6.16. The molecule has 0 heterocycles. The van der Waals surface area contributed by atoms with Crippen molar-refractivity contribution >= 4 is 10.0 Å². The molecule has 0 bridgehead atoms. The molecule has 5 heteroatoms. The maximum atomic E-state index is 11.6. The van der Waals surface area contributed by atoms with Gasteiger partial charge < -0.3 is 5.73 Å². The van der Waals surface area contributed by atoms with Crippen LogP contribution in [0.4, 0.5) is 0 Å². The number of nitrogens with two attached hydrogens (primary N) is 1. The molecule has 0 atom stereocenters. The van der Waals surface area contributed by atoms with Crippen molar-refractivity contribution < 1.29 is 8.42 Å². The summed E-state index contributed by atoms with van der Waals surface area (Å²) in [5.74, 6) is 0.666. The molecular formula is C9H22N2O2S. The predicted molar refractivity (Wildman–Crippen MR) is 59.5 cm³/mol. The van der Waals surface area contributed by atoms with E-state index in [1.165, 1.54) is 4.31 Å². The Morgan fingerprint density at radius 2 is 1.93 bits per heavy atom. The van der Waals surface area contributed by atoms with E-state index >= 15 is 0 Å². The first kappa shape index (κ1) is 13.9. The van der Waals surface area contributed by atoms with Gasteiger partial charge in [0.15, 0.2) is 0 Å². The summed E-state index contributed by atoms with van der Waals surface area (Å²) in [6.07, 6.45) is 1.44. The van der Waals surface area contributed by atoms with Gasteiger partial charge in [-0.15, -0.1) is 0 Å². The largest absolute Gasteiger partial charge is 0.330 e. The zero-order valence-electron chi connectivity index (χ0n) is 9.36. The third-order valence-electron chi connectivity index (χ3n) is 2.11. The van der Waals surface area contributed by atoms with E-state index in [4.69, 9.17) is 5.73 Å². The van der Waals surface area contributed by atoms with Crippen molar-refractivity contribution in [2.24, 2.45) is 11.7 Å². The molecule has 0 saturated carbocycles. The molecule has 0 aromatic rings. The third-order valence-corrected chi connectivity index (χ3v) is 3.99. The lowest BCUT2D eigenvalue weighted by atomic mass is 10.2. The minimum absolute atomic E-state index is 0.242. The van der Waals surface area contributed by atoms with Crippen LogP contribution in [0.15, 0.2) is 0 Å². The Kier molecular flexibility index (Phi) is 6.31.